The fraction of sp³-hybridized carbons (Fsp3) is 0.643. The summed E-state index contributed by atoms with van der Waals surface area (Å²) in [6, 6.07) is -1.32. The quantitative estimate of drug-likeness (QED) is 0.591. The standard InChI is InChI=1S/C14H22FNO6/c1-14(2,3)22-13(21)16-10(12(19)20)7-6-9(11(17)18)5-4-8-15/h6,10H,4-5,7-8H2,1-3H3,(H,16,21)(H,17,18)(H,19,20)/t10-/m0/s1. The summed E-state index contributed by atoms with van der Waals surface area (Å²) in [5.74, 6) is -2.56. The van der Waals surface area contributed by atoms with E-state index in [1.165, 1.54) is 6.08 Å². The topological polar surface area (TPSA) is 113 Å². The Morgan fingerprint density at radius 2 is 1.86 bits per heavy atom. The van der Waals surface area contributed by atoms with Crippen LogP contribution >= 0.6 is 0 Å². The fourth-order valence-corrected chi connectivity index (χ4v) is 1.48. The first-order valence-electron chi connectivity index (χ1n) is 6.77. The van der Waals surface area contributed by atoms with Crippen LogP contribution in [0.15, 0.2) is 11.6 Å². The van der Waals surface area contributed by atoms with E-state index >= 15 is 0 Å². The van der Waals surface area contributed by atoms with Crippen LogP contribution in [0, 0.1) is 0 Å². The number of carbonyl (C=O) groups is 3. The average Bonchev–Trinajstić information content (AvgIpc) is 2.34. The number of carboxylic acid groups (broad SMARTS) is 2. The minimum absolute atomic E-state index is 0.00932. The number of nitrogens with one attached hydrogen (secondary N) is 1. The van der Waals surface area contributed by atoms with Crippen molar-refractivity contribution in [1.82, 2.24) is 5.32 Å². The van der Waals surface area contributed by atoms with Crippen LogP contribution in [0.25, 0.3) is 0 Å². The van der Waals surface area contributed by atoms with E-state index in [-0.39, 0.29) is 24.8 Å². The lowest BCUT2D eigenvalue weighted by molar-refractivity contribution is -0.139. The van der Waals surface area contributed by atoms with Gasteiger partial charge in [0.05, 0.1) is 6.67 Å². The Bertz CT molecular complexity index is 441. The molecule has 8 heteroatoms. The Morgan fingerprint density at radius 3 is 2.27 bits per heavy atom. The summed E-state index contributed by atoms with van der Waals surface area (Å²) >= 11 is 0. The number of aliphatic carboxylic acids is 2. The van der Waals surface area contributed by atoms with Crippen molar-refractivity contribution in [2.24, 2.45) is 0 Å². The Morgan fingerprint density at radius 1 is 1.27 bits per heavy atom. The smallest absolute Gasteiger partial charge is 0.408 e. The van der Waals surface area contributed by atoms with Gasteiger partial charge in [-0.15, -0.1) is 0 Å². The number of carbonyl (C=O) groups excluding carboxylic acids is 1. The zero-order chi connectivity index (χ0) is 17.3. The van der Waals surface area contributed by atoms with Gasteiger partial charge in [-0.05, 0) is 40.0 Å². The van der Waals surface area contributed by atoms with Gasteiger partial charge in [-0.2, -0.15) is 0 Å². The van der Waals surface area contributed by atoms with Gasteiger partial charge < -0.3 is 20.3 Å². The zero-order valence-electron chi connectivity index (χ0n) is 12.9. The summed E-state index contributed by atoms with van der Waals surface area (Å²) in [6.07, 6.45) is 0.0605. The highest BCUT2D eigenvalue weighted by Crippen LogP contribution is 2.10. The molecule has 0 heterocycles. The van der Waals surface area contributed by atoms with Crippen molar-refractivity contribution in [3.8, 4) is 0 Å². The molecule has 0 aromatic heterocycles. The molecular weight excluding hydrogens is 297 g/mol. The second kappa shape index (κ2) is 9.01. The number of ether oxygens (including phenoxy) is 1. The van der Waals surface area contributed by atoms with Gasteiger partial charge in [-0.25, -0.2) is 14.4 Å². The van der Waals surface area contributed by atoms with E-state index in [1.54, 1.807) is 20.8 Å². The molecule has 0 fully saturated rings. The van der Waals surface area contributed by atoms with Crippen molar-refractivity contribution in [3.05, 3.63) is 11.6 Å². The molecule has 0 aromatic carbocycles. The fourth-order valence-electron chi connectivity index (χ4n) is 1.48. The van der Waals surface area contributed by atoms with Gasteiger partial charge in [0.25, 0.3) is 0 Å². The van der Waals surface area contributed by atoms with Crippen LogP contribution in [-0.4, -0.2) is 46.6 Å². The van der Waals surface area contributed by atoms with Crippen molar-refractivity contribution in [3.63, 3.8) is 0 Å². The van der Waals surface area contributed by atoms with Crippen molar-refractivity contribution < 1.29 is 33.7 Å². The van der Waals surface area contributed by atoms with Gasteiger partial charge in [-0.1, -0.05) is 6.08 Å². The molecule has 126 valence electrons. The van der Waals surface area contributed by atoms with Crippen LogP contribution in [0.4, 0.5) is 9.18 Å². The lowest BCUT2D eigenvalue weighted by Gasteiger charge is -2.21. The maximum atomic E-state index is 12.1. The number of hydrogen-bond acceptors (Lipinski definition) is 4. The van der Waals surface area contributed by atoms with Gasteiger partial charge in [0.1, 0.15) is 11.6 Å². The molecule has 0 saturated heterocycles. The summed E-state index contributed by atoms with van der Waals surface area (Å²) in [5.41, 5.74) is -0.869. The van der Waals surface area contributed by atoms with E-state index in [1.807, 2.05) is 0 Å². The molecule has 22 heavy (non-hydrogen) atoms. The molecule has 0 aliphatic rings. The normalized spacial score (nSPS) is 13.4. The van der Waals surface area contributed by atoms with E-state index < -0.39 is 36.3 Å². The molecule has 0 saturated carbocycles. The molecule has 0 radical (unpaired) electrons. The van der Waals surface area contributed by atoms with Crippen LogP contribution in [0.1, 0.15) is 40.0 Å². The summed E-state index contributed by atoms with van der Waals surface area (Å²) in [4.78, 5) is 33.6. The van der Waals surface area contributed by atoms with E-state index in [2.05, 4.69) is 5.32 Å². The molecule has 3 N–H and O–H groups in total. The number of amides is 1. The lowest BCUT2D eigenvalue weighted by Crippen LogP contribution is -2.43. The largest absolute Gasteiger partial charge is 0.480 e. The van der Waals surface area contributed by atoms with Crippen molar-refractivity contribution in [2.45, 2.75) is 51.7 Å². The number of carboxylic acids is 2. The van der Waals surface area contributed by atoms with Crippen LogP contribution in [0.2, 0.25) is 0 Å². The highest BCUT2D eigenvalue weighted by Gasteiger charge is 2.23. The first kappa shape index (κ1) is 19.9. The lowest BCUT2D eigenvalue weighted by atomic mass is 10.1. The highest BCUT2D eigenvalue weighted by atomic mass is 19.1. The zero-order valence-corrected chi connectivity index (χ0v) is 12.9. The third kappa shape index (κ3) is 8.93. The first-order valence-corrected chi connectivity index (χ1v) is 6.77. The number of alkyl halides is 1. The number of alkyl carbamates (subject to hydrolysis) is 1. The summed E-state index contributed by atoms with van der Waals surface area (Å²) < 4.78 is 17.0. The second-order valence-electron chi connectivity index (χ2n) is 5.60. The van der Waals surface area contributed by atoms with Crippen molar-refractivity contribution in [2.75, 3.05) is 6.67 Å². The minimum atomic E-state index is -1.32. The van der Waals surface area contributed by atoms with E-state index in [0.717, 1.165) is 0 Å². The SMILES string of the molecule is CC(C)(C)OC(=O)N[C@@H](CC=C(CCCF)C(=O)O)C(=O)O. The molecular formula is C14H22FNO6. The first-order chi connectivity index (χ1) is 10.1. The van der Waals surface area contributed by atoms with E-state index in [4.69, 9.17) is 14.9 Å². The second-order valence-corrected chi connectivity index (χ2v) is 5.60. The molecule has 0 aromatic rings. The Kier molecular flexibility index (Phi) is 8.14. The molecule has 0 aliphatic heterocycles. The molecule has 7 nitrogen and oxygen atoms in total. The van der Waals surface area contributed by atoms with Gasteiger partial charge in [-0.3, -0.25) is 4.39 Å². The van der Waals surface area contributed by atoms with E-state index in [9.17, 15) is 18.8 Å². The molecule has 1 amide bonds. The summed E-state index contributed by atoms with van der Waals surface area (Å²) in [6.45, 7) is 4.22. The Balaban J connectivity index is 4.79. The maximum absolute atomic E-state index is 12.1. The number of rotatable bonds is 8. The molecule has 0 unspecified atom stereocenters. The molecule has 0 rings (SSSR count). The van der Waals surface area contributed by atoms with E-state index in [0.29, 0.717) is 0 Å². The summed E-state index contributed by atoms with van der Waals surface area (Å²) in [7, 11) is 0. The highest BCUT2D eigenvalue weighted by molar-refractivity contribution is 5.87. The van der Waals surface area contributed by atoms with Crippen LogP contribution in [0.3, 0.4) is 0 Å². The Labute approximate surface area is 128 Å². The monoisotopic (exact) mass is 319 g/mol. The van der Waals surface area contributed by atoms with Crippen molar-refractivity contribution in [1.29, 1.82) is 0 Å². The maximum Gasteiger partial charge on any atom is 0.408 e. The number of halogens is 1. The van der Waals surface area contributed by atoms with Gasteiger partial charge in [0.15, 0.2) is 0 Å². The third-order valence-electron chi connectivity index (χ3n) is 2.44. The predicted octanol–water partition coefficient (Wildman–Crippen LogP) is 2.12. The predicted molar refractivity (Wildman–Crippen MR) is 76.3 cm³/mol. The molecule has 0 bridgehead atoms. The average molecular weight is 319 g/mol. The Hall–Kier alpha value is -2.12. The minimum Gasteiger partial charge on any atom is -0.480 e. The van der Waals surface area contributed by atoms with Gasteiger partial charge in [0.2, 0.25) is 0 Å². The summed E-state index contributed by atoms with van der Waals surface area (Å²) in [5, 5.41) is 20.1. The molecule has 0 aliphatic carbocycles. The van der Waals surface area contributed by atoms with Crippen molar-refractivity contribution >= 4 is 18.0 Å². The van der Waals surface area contributed by atoms with Gasteiger partial charge >= 0.3 is 18.0 Å². The number of hydrogen-bond donors (Lipinski definition) is 3. The molecule has 0 spiro atoms. The van der Waals surface area contributed by atoms with Crippen LogP contribution in [-0.2, 0) is 14.3 Å². The van der Waals surface area contributed by atoms with Crippen LogP contribution < -0.4 is 5.32 Å². The van der Waals surface area contributed by atoms with Crippen LogP contribution in [0.5, 0.6) is 0 Å². The molecule has 1 atom stereocenters. The van der Waals surface area contributed by atoms with Gasteiger partial charge in [0, 0.05) is 5.57 Å². The third-order valence-corrected chi connectivity index (χ3v) is 2.44.